The first-order chi connectivity index (χ1) is 18.6. The van der Waals surface area contributed by atoms with Crippen molar-refractivity contribution in [1.82, 2.24) is 4.58 Å². The van der Waals surface area contributed by atoms with Crippen LogP contribution in [0.5, 0.6) is 0 Å². The van der Waals surface area contributed by atoms with Crippen molar-refractivity contribution in [3.8, 4) is 11.1 Å². The summed E-state index contributed by atoms with van der Waals surface area (Å²) in [6.45, 7) is 12.8. The van der Waals surface area contributed by atoms with Gasteiger partial charge in [0.15, 0.2) is 0 Å². The third-order valence-electron chi connectivity index (χ3n) is 7.92. The largest absolute Gasteiger partial charge is 0.456 e. The van der Waals surface area contributed by atoms with Gasteiger partial charge in [0.25, 0.3) is 0 Å². The molecule has 6 rings (SSSR count). The van der Waals surface area contributed by atoms with E-state index in [1.54, 1.807) is 0 Å². The van der Waals surface area contributed by atoms with Crippen molar-refractivity contribution in [2.45, 2.75) is 27.7 Å². The first-order valence-corrected chi connectivity index (χ1v) is 13.9. The zero-order valence-electron chi connectivity index (χ0n) is 22.8. The van der Waals surface area contributed by atoms with Crippen LogP contribution in [0.1, 0.15) is 27.7 Å². The molecule has 0 aliphatic rings. The Morgan fingerprint density at radius 3 is 1.82 bits per heavy atom. The molecule has 0 fully saturated rings. The lowest BCUT2D eigenvalue weighted by atomic mass is 9.94. The van der Waals surface area contributed by atoms with Gasteiger partial charge in [-0.15, -0.1) is 0 Å². The quantitative estimate of drug-likeness (QED) is 0.170. The fourth-order valence-corrected chi connectivity index (χ4v) is 5.84. The highest BCUT2D eigenvalue weighted by Gasteiger charge is 2.15. The second-order valence-electron chi connectivity index (χ2n) is 9.95. The molecule has 0 saturated heterocycles. The Morgan fingerprint density at radius 1 is 0.605 bits per heavy atom. The molecule has 0 aliphatic heterocycles. The maximum absolute atomic E-state index is 6.70. The molecule has 0 atom stereocenters. The van der Waals surface area contributed by atoms with Crippen LogP contribution in [0.25, 0.3) is 54.6 Å². The van der Waals surface area contributed by atoms with Crippen LogP contribution in [-0.4, -0.2) is 26.2 Å². The van der Waals surface area contributed by atoms with E-state index in [-0.39, 0.29) is 0 Å². The molecule has 0 saturated carbocycles. The molecular formula is C35H35N2O+. The second-order valence-corrected chi connectivity index (χ2v) is 9.95. The van der Waals surface area contributed by atoms with Crippen LogP contribution < -0.4 is 14.8 Å². The molecule has 5 aromatic carbocycles. The zero-order chi connectivity index (χ0) is 26.2. The van der Waals surface area contributed by atoms with Gasteiger partial charge in [-0.05, 0) is 97.3 Å². The van der Waals surface area contributed by atoms with E-state index in [0.29, 0.717) is 0 Å². The van der Waals surface area contributed by atoms with Gasteiger partial charge in [-0.1, -0.05) is 36.4 Å². The van der Waals surface area contributed by atoms with Crippen LogP contribution in [-0.2, 0) is 0 Å². The average molecular weight is 500 g/mol. The summed E-state index contributed by atoms with van der Waals surface area (Å²) in [4.78, 5) is 2.39. The molecule has 0 unspecified atom stereocenters. The summed E-state index contributed by atoms with van der Waals surface area (Å²) in [5.74, 6) is 0. The lowest BCUT2D eigenvalue weighted by Gasteiger charge is -2.21. The third-order valence-corrected chi connectivity index (χ3v) is 7.92. The Bertz CT molecular complexity index is 1860. The molecule has 0 spiro atoms. The molecule has 1 aromatic heterocycles. The first-order valence-electron chi connectivity index (χ1n) is 13.9. The molecule has 0 radical (unpaired) electrons. The summed E-state index contributed by atoms with van der Waals surface area (Å²) in [6.07, 6.45) is 0. The highest BCUT2D eigenvalue weighted by molar-refractivity contribution is 6.14. The minimum Gasteiger partial charge on any atom is -0.456 e. The summed E-state index contributed by atoms with van der Waals surface area (Å²) in [5.41, 5.74) is 5.52. The van der Waals surface area contributed by atoms with Crippen LogP contribution >= 0.6 is 0 Å². The van der Waals surface area contributed by atoms with Crippen LogP contribution in [0.2, 0.25) is 0 Å². The van der Waals surface area contributed by atoms with E-state index in [1.165, 1.54) is 43.7 Å². The molecule has 0 N–H and O–H groups in total. The maximum Gasteiger partial charge on any atom is 0.200 e. The van der Waals surface area contributed by atoms with Crippen molar-refractivity contribution in [1.29, 1.82) is 0 Å². The monoisotopic (exact) mass is 499 g/mol. The molecule has 3 heteroatoms. The molecule has 3 nitrogen and oxygen atoms in total. The van der Waals surface area contributed by atoms with Gasteiger partial charge in [-0.25, -0.2) is 4.58 Å². The van der Waals surface area contributed by atoms with Crippen LogP contribution in [0.4, 0.5) is 5.69 Å². The number of fused-ring (bicyclic) bond motifs is 4. The lowest BCUT2D eigenvalue weighted by molar-refractivity contribution is 0.627. The van der Waals surface area contributed by atoms with Crippen molar-refractivity contribution in [2.75, 3.05) is 31.1 Å². The summed E-state index contributed by atoms with van der Waals surface area (Å²) < 4.78 is 9.09. The lowest BCUT2D eigenvalue weighted by Crippen LogP contribution is -2.29. The van der Waals surface area contributed by atoms with E-state index < -0.39 is 0 Å². The third kappa shape index (κ3) is 4.12. The van der Waals surface area contributed by atoms with E-state index in [2.05, 4.69) is 128 Å². The minimum absolute atomic E-state index is 0.916. The van der Waals surface area contributed by atoms with Gasteiger partial charge in [0.2, 0.25) is 5.36 Å². The van der Waals surface area contributed by atoms with Crippen LogP contribution in [0, 0.1) is 0 Å². The van der Waals surface area contributed by atoms with Crippen molar-refractivity contribution >= 4 is 49.2 Å². The summed E-state index contributed by atoms with van der Waals surface area (Å²) in [6, 6.07) is 33.3. The highest BCUT2D eigenvalue weighted by atomic mass is 16.3. The van der Waals surface area contributed by atoms with E-state index in [0.717, 1.165) is 48.1 Å². The summed E-state index contributed by atoms with van der Waals surface area (Å²) in [7, 11) is 0. The smallest absolute Gasteiger partial charge is 0.200 e. The molecule has 6 aromatic rings. The maximum atomic E-state index is 6.70. The first kappa shape index (κ1) is 24.2. The molecule has 0 bridgehead atoms. The Morgan fingerprint density at radius 2 is 1.21 bits per heavy atom. The summed E-state index contributed by atoms with van der Waals surface area (Å²) >= 11 is 0. The fraction of sp³-hybridized carbons (Fsp3) is 0.229. The minimum atomic E-state index is 0.916. The van der Waals surface area contributed by atoms with Gasteiger partial charge in [-0.2, -0.15) is 0 Å². The average Bonchev–Trinajstić information content (AvgIpc) is 2.95. The van der Waals surface area contributed by atoms with Gasteiger partial charge in [0, 0.05) is 47.2 Å². The van der Waals surface area contributed by atoms with E-state index in [1.807, 2.05) is 0 Å². The Hall–Kier alpha value is -4.11. The Balaban J connectivity index is 1.69. The number of rotatable bonds is 6. The predicted molar refractivity (Wildman–Crippen MR) is 164 cm³/mol. The highest BCUT2D eigenvalue weighted by Crippen LogP contribution is 2.40. The van der Waals surface area contributed by atoms with Crippen molar-refractivity contribution in [2.24, 2.45) is 0 Å². The standard InChI is InChI=1S/C35H35N2O/c1-5-36(6-2)29-16-14-25-20-31-33(22-27(25)18-29)38-34-23-28-19-30(37(7-3)8-4)17-15-26(28)21-32(34)35(31)24-12-10-9-11-13-24/h9-23H,5-8H2,1-4H3/q+1. The van der Waals surface area contributed by atoms with Gasteiger partial charge >= 0.3 is 0 Å². The molecule has 0 amide bonds. The molecule has 0 aliphatic carbocycles. The summed E-state index contributed by atoms with van der Waals surface area (Å²) in [5, 5.41) is 8.40. The van der Waals surface area contributed by atoms with E-state index >= 15 is 0 Å². The van der Waals surface area contributed by atoms with Crippen molar-refractivity contribution in [3.63, 3.8) is 0 Å². The number of anilines is 1. The molecular weight excluding hydrogens is 464 g/mol. The van der Waals surface area contributed by atoms with Gasteiger partial charge in [-0.3, -0.25) is 0 Å². The topological polar surface area (TPSA) is 19.4 Å². The van der Waals surface area contributed by atoms with Crippen molar-refractivity contribution < 1.29 is 4.42 Å². The van der Waals surface area contributed by atoms with Gasteiger partial charge in [0.05, 0.1) is 0 Å². The van der Waals surface area contributed by atoms with Gasteiger partial charge < -0.3 is 9.32 Å². The Kier molecular flexibility index (Phi) is 6.37. The molecule has 190 valence electrons. The second kappa shape index (κ2) is 9.98. The fourth-order valence-electron chi connectivity index (χ4n) is 5.84. The van der Waals surface area contributed by atoms with E-state index in [4.69, 9.17) is 4.42 Å². The van der Waals surface area contributed by atoms with Crippen LogP contribution in [0.15, 0.2) is 95.4 Å². The van der Waals surface area contributed by atoms with Gasteiger partial charge in [0.1, 0.15) is 24.3 Å². The van der Waals surface area contributed by atoms with E-state index in [9.17, 15) is 0 Å². The Labute approximate surface area is 224 Å². The zero-order valence-corrected chi connectivity index (χ0v) is 22.8. The van der Waals surface area contributed by atoms with Crippen LogP contribution in [0.3, 0.4) is 0 Å². The number of nitrogens with zero attached hydrogens (tertiary/aromatic N) is 2. The molecule has 1 heterocycles. The number of hydrogen-bond donors (Lipinski definition) is 0. The number of hydrogen-bond acceptors (Lipinski definition) is 2. The molecule has 38 heavy (non-hydrogen) atoms. The van der Waals surface area contributed by atoms with Crippen molar-refractivity contribution in [3.05, 3.63) is 96.4 Å². The SMILES string of the molecule is CCN(CC)c1ccc2cc3c(-c4ccccc4)c4cc5ccc(=[N+](CC)CC)cc5cc4oc3cc2c1. The normalized spacial score (nSPS) is 11.6. The number of benzene rings is 5. The predicted octanol–water partition coefficient (Wildman–Crippen LogP) is 8.22.